The highest BCUT2D eigenvalue weighted by Gasteiger charge is 2.21. The van der Waals surface area contributed by atoms with Crippen LogP contribution in [0.2, 0.25) is 0 Å². The molecule has 0 unspecified atom stereocenters. The van der Waals surface area contributed by atoms with Gasteiger partial charge in [-0.05, 0) is 118 Å². The van der Waals surface area contributed by atoms with Crippen molar-refractivity contribution >= 4 is 97.2 Å². The Bertz CT molecular complexity index is 4990. The second-order valence-corrected chi connectivity index (χ2v) is 20.5. The standard InChI is InChI=1S/C69H40N4O2S/c1-3-13-42(14-4-1)67-70-68(43-27-25-41(26-28-43)46-29-33-52-51-18-8-10-22-59(51)75-62(52)40-46)72-69(71-67)53-20-11-23-61-65(53)55-37-44(31-35-60(55)74-61)45-32-36-63-56(38-45)66-49(19-12-24-64(66)76-63)47-30-34-58-54(39-47)50-17-7-9-21-57(50)73(58)48-15-5-2-6-16-48/h1-40H. The number of thiophene rings is 1. The minimum Gasteiger partial charge on any atom is -0.456 e. The largest absolute Gasteiger partial charge is 0.456 e. The van der Waals surface area contributed by atoms with Gasteiger partial charge in [0.1, 0.15) is 22.3 Å². The lowest BCUT2D eigenvalue weighted by atomic mass is 9.96. The van der Waals surface area contributed by atoms with E-state index in [4.69, 9.17) is 23.8 Å². The average molecular weight is 989 g/mol. The van der Waals surface area contributed by atoms with Crippen molar-refractivity contribution in [1.29, 1.82) is 0 Å². The summed E-state index contributed by atoms with van der Waals surface area (Å²) in [7, 11) is 0. The molecule has 0 bridgehead atoms. The van der Waals surface area contributed by atoms with Crippen LogP contribution in [-0.2, 0) is 0 Å². The average Bonchev–Trinajstić information content (AvgIpc) is 4.26. The van der Waals surface area contributed by atoms with Crippen molar-refractivity contribution in [2.45, 2.75) is 0 Å². The second kappa shape index (κ2) is 16.8. The van der Waals surface area contributed by atoms with Crippen LogP contribution in [0.5, 0.6) is 0 Å². The van der Waals surface area contributed by atoms with Crippen LogP contribution >= 0.6 is 11.3 Å². The summed E-state index contributed by atoms with van der Waals surface area (Å²) in [4.78, 5) is 15.5. The van der Waals surface area contributed by atoms with E-state index in [0.29, 0.717) is 17.5 Å². The van der Waals surface area contributed by atoms with Crippen LogP contribution in [0.1, 0.15) is 0 Å². The molecule has 354 valence electrons. The molecule has 0 saturated carbocycles. The highest BCUT2D eigenvalue weighted by Crippen LogP contribution is 2.45. The predicted octanol–water partition coefficient (Wildman–Crippen LogP) is 19.1. The Balaban J connectivity index is 0.799. The summed E-state index contributed by atoms with van der Waals surface area (Å²) in [6, 6.07) is 85.8. The van der Waals surface area contributed by atoms with E-state index >= 15 is 0 Å². The van der Waals surface area contributed by atoms with Crippen molar-refractivity contribution in [3.63, 3.8) is 0 Å². The normalized spacial score (nSPS) is 11.9. The number of nitrogens with zero attached hydrogens (tertiary/aromatic N) is 4. The highest BCUT2D eigenvalue weighted by atomic mass is 32.1. The minimum atomic E-state index is 0.573. The highest BCUT2D eigenvalue weighted by molar-refractivity contribution is 7.26. The molecule has 16 rings (SSSR count). The van der Waals surface area contributed by atoms with E-state index in [1.165, 1.54) is 53.1 Å². The first-order valence-corrected chi connectivity index (χ1v) is 26.3. The Hall–Kier alpha value is -9.95. The topological polar surface area (TPSA) is 69.9 Å². The van der Waals surface area contributed by atoms with Gasteiger partial charge in [-0.15, -0.1) is 11.3 Å². The molecule has 0 fully saturated rings. The summed E-state index contributed by atoms with van der Waals surface area (Å²) < 4.78 is 17.8. The van der Waals surface area contributed by atoms with Gasteiger partial charge >= 0.3 is 0 Å². The summed E-state index contributed by atoms with van der Waals surface area (Å²) in [6.45, 7) is 0. The summed E-state index contributed by atoms with van der Waals surface area (Å²) in [5, 5.41) is 9.17. The van der Waals surface area contributed by atoms with Gasteiger partial charge in [0.05, 0.1) is 11.0 Å². The predicted molar refractivity (Wildman–Crippen MR) is 314 cm³/mol. The van der Waals surface area contributed by atoms with Crippen molar-refractivity contribution in [1.82, 2.24) is 19.5 Å². The van der Waals surface area contributed by atoms with Gasteiger partial charge in [-0.1, -0.05) is 158 Å². The molecule has 0 spiro atoms. The number of aromatic nitrogens is 4. The van der Waals surface area contributed by atoms with Crippen LogP contribution in [0.25, 0.3) is 159 Å². The zero-order valence-corrected chi connectivity index (χ0v) is 41.4. The van der Waals surface area contributed by atoms with Gasteiger partial charge in [0, 0.05) is 74.9 Å². The zero-order chi connectivity index (χ0) is 49.8. The van der Waals surface area contributed by atoms with Crippen LogP contribution in [-0.4, -0.2) is 19.5 Å². The maximum absolute atomic E-state index is 6.62. The number of furan rings is 2. The molecule has 5 heterocycles. The Morgan fingerprint density at radius 1 is 0.289 bits per heavy atom. The zero-order valence-electron chi connectivity index (χ0n) is 40.6. The van der Waals surface area contributed by atoms with E-state index in [0.717, 1.165) is 88.5 Å². The van der Waals surface area contributed by atoms with Crippen molar-refractivity contribution in [3.05, 3.63) is 243 Å². The van der Waals surface area contributed by atoms with E-state index in [1.54, 1.807) is 0 Å². The number of hydrogen-bond acceptors (Lipinski definition) is 6. The van der Waals surface area contributed by atoms with Gasteiger partial charge in [0.15, 0.2) is 17.5 Å². The van der Waals surface area contributed by atoms with Gasteiger partial charge in [-0.2, -0.15) is 0 Å². The van der Waals surface area contributed by atoms with Gasteiger partial charge in [-0.25, -0.2) is 15.0 Å². The van der Waals surface area contributed by atoms with Gasteiger partial charge in [-0.3, -0.25) is 0 Å². The maximum Gasteiger partial charge on any atom is 0.164 e. The monoisotopic (exact) mass is 988 g/mol. The molecule has 0 aliphatic rings. The lowest BCUT2D eigenvalue weighted by Gasteiger charge is -2.10. The first-order valence-electron chi connectivity index (χ1n) is 25.5. The Morgan fingerprint density at radius 3 is 1.71 bits per heavy atom. The van der Waals surface area contributed by atoms with E-state index in [1.807, 2.05) is 72.0 Å². The maximum atomic E-state index is 6.62. The Kier molecular flexibility index (Phi) is 9.40. The number of hydrogen-bond donors (Lipinski definition) is 0. The molecular weight excluding hydrogens is 949 g/mol. The van der Waals surface area contributed by atoms with Crippen LogP contribution in [0.4, 0.5) is 0 Å². The molecule has 0 saturated heterocycles. The number of fused-ring (bicyclic) bond motifs is 12. The quantitative estimate of drug-likeness (QED) is 0.159. The molecule has 7 heteroatoms. The minimum absolute atomic E-state index is 0.573. The molecule has 0 radical (unpaired) electrons. The van der Waals surface area contributed by atoms with Crippen molar-refractivity contribution in [3.8, 4) is 73.2 Å². The van der Waals surface area contributed by atoms with Crippen molar-refractivity contribution in [2.24, 2.45) is 0 Å². The first-order chi connectivity index (χ1) is 37.6. The molecule has 0 aliphatic carbocycles. The number of benzene rings is 11. The second-order valence-electron chi connectivity index (χ2n) is 19.5. The lowest BCUT2D eigenvalue weighted by Crippen LogP contribution is -2.00. The van der Waals surface area contributed by atoms with Crippen LogP contribution < -0.4 is 0 Å². The fourth-order valence-corrected chi connectivity index (χ4v) is 12.6. The van der Waals surface area contributed by atoms with E-state index < -0.39 is 0 Å². The molecule has 11 aromatic carbocycles. The number of para-hydroxylation sites is 3. The van der Waals surface area contributed by atoms with Crippen LogP contribution in [0.15, 0.2) is 251 Å². The molecule has 6 nitrogen and oxygen atoms in total. The SMILES string of the molecule is c1ccc(-c2nc(-c3ccc(-c4ccc5c(c4)oc4ccccc45)cc3)nc(-c3cccc4oc5ccc(-c6ccc7sc8cccc(-c9ccc%10c(c9)c9ccccc9n%10-c9ccccc9)c8c7c6)cc5c34)n2)cc1. The molecule has 0 atom stereocenters. The van der Waals surface area contributed by atoms with E-state index in [2.05, 4.69) is 187 Å². The Labute approximate surface area is 439 Å². The summed E-state index contributed by atoms with van der Waals surface area (Å²) in [5.41, 5.74) is 16.3. The summed E-state index contributed by atoms with van der Waals surface area (Å²) >= 11 is 1.84. The lowest BCUT2D eigenvalue weighted by molar-refractivity contribution is 0.668. The molecule has 0 aliphatic heterocycles. The van der Waals surface area contributed by atoms with Gasteiger partial charge in [0.2, 0.25) is 0 Å². The fourth-order valence-electron chi connectivity index (χ4n) is 11.5. The number of rotatable bonds is 7. The van der Waals surface area contributed by atoms with E-state index in [9.17, 15) is 0 Å². The summed E-state index contributed by atoms with van der Waals surface area (Å²) in [5.74, 6) is 1.76. The third kappa shape index (κ3) is 6.76. The molecule has 0 amide bonds. The molecule has 5 aromatic heterocycles. The van der Waals surface area contributed by atoms with Crippen molar-refractivity contribution < 1.29 is 8.83 Å². The Morgan fingerprint density at radius 2 is 0.855 bits per heavy atom. The van der Waals surface area contributed by atoms with Gasteiger partial charge in [0.25, 0.3) is 0 Å². The smallest absolute Gasteiger partial charge is 0.164 e. The van der Waals surface area contributed by atoms with Crippen LogP contribution in [0.3, 0.4) is 0 Å². The third-order valence-electron chi connectivity index (χ3n) is 15.1. The fraction of sp³-hybridized carbons (Fsp3) is 0. The van der Waals surface area contributed by atoms with Crippen LogP contribution in [0, 0.1) is 0 Å². The molecule has 76 heavy (non-hydrogen) atoms. The summed E-state index contributed by atoms with van der Waals surface area (Å²) in [6.07, 6.45) is 0. The van der Waals surface area contributed by atoms with E-state index in [-0.39, 0.29) is 0 Å². The molecule has 0 N–H and O–H groups in total. The first kappa shape index (κ1) is 42.5. The third-order valence-corrected chi connectivity index (χ3v) is 16.2. The molecule has 16 aromatic rings. The van der Waals surface area contributed by atoms with Gasteiger partial charge < -0.3 is 13.4 Å². The molecular formula is C69H40N4O2S. The van der Waals surface area contributed by atoms with Crippen molar-refractivity contribution in [2.75, 3.05) is 0 Å².